The smallest absolute Gasteiger partial charge is 0.433 e. The number of nitrogens with zero attached hydrogens (tertiary/aromatic N) is 6. The van der Waals surface area contributed by atoms with Gasteiger partial charge >= 0.3 is 6.18 Å². The zero-order valence-electron chi connectivity index (χ0n) is 31.2. The van der Waals surface area contributed by atoms with Gasteiger partial charge in [-0.15, -0.1) is 0 Å². The van der Waals surface area contributed by atoms with Crippen molar-refractivity contribution in [3.63, 3.8) is 0 Å². The molecule has 2 aromatic heterocycles. The molecule has 4 aliphatic heterocycles. The number of ether oxygens (including phenoxy) is 1. The van der Waals surface area contributed by atoms with Crippen LogP contribution in [0.3, 0.4) is 0 Å². The lowest BCUT2D eigenvalue weighted by atomic mass is 9.60. The maximum atomic E-state index is 13.6. The Morgan fingerprint density at radius 2 is 1.69 bits per heavy atom. The van der Waals surface area contributed by atoms with Crippen LogP contribution in [0, 0.1) is 11.3 Å². The van der Waals surface area contributed by atoms with Crippen molar-refractivity contribution >= 4 is 57.7 Å². The summed E-state index contributed by atoms with van der Waals surface area (Å²) in [4.78, 5) is 85.3. The van der Waals surface area contributed by atoms with Crippen LogP contribution in [0.1, 0.15) is 81.5 Å². The van der Waals surface area contributed by atoms with Crippen LogP contribution in [0.15, 0.2) is 54.7 Å². The normalized spacial score (nSPS) is 20.9. The number of piperidine rings is 2. The molecule has 18 heteroatoms. The highest BCUT2D eigenvalue weighted by atomic mass is 19.4. The highest BCUT2D eigenvalue weighted by molar-refractivity contribution is 6.23. The number of anilines is 2. The number of likely N-dealkylation sites (tertiary alicyclic amines) is 1. The Balaban J connectivity index is 0.778. The van der Waals surface area contributed by atoms with E-state index in [2.05, 4.69) is 20.5 Å². The van der Waals surface area contributed by atoms with Gasteiger partial charge in [-0.25, -0.2) is 4.98 Å². The number of fused-ring (bicyclic) bond motifs is 2. The van der Waals surface area contributed by atoms with Gasteiger partial charge in [-0.3, -0.25) is 43.7 Å². The molecule has 2 aromatic carbocycles. The number of carbonyl (C=O) groups is 6. The minimum Gasteiger partial charge on any atom is -0.494 e. The molecule has 3 saturated heterocycles. The molecule has 2 N–H and O–H groups in total. The molecule has 6 heterocycles. The first-order valence-electron chi connectivity index (χ1n) is 19.0. The van der Waals surface area contributed by atoms with E-state index in [4.69, 9.17) is 9.84 Å². The van der Waals surface area contributed by atoms with Crippen molar-refractivity contribution < 1.29 is 46.7 Å². The molecule has 9 rings (SSSR count). The first-order valence-corrected chi connectivity index (χ1v) is 19.0. The van der Waals surface area contributed by atoms with E-state index in [9.17, 15) is 41.9 Å². The van der Waals surface area contributed by atoms with E-state index in [1.165, 1.54) is 13.2 Å². The second-order valence-corrected chi connectivity index (χ2v) is 15.8. The molecule has 58 heavy (non-hydrogen) atoms. The molecule has 0 radical (unpaired) electrons. The lowest BCUT2D eigenvalue weighted by Gasteiger charge is -2.59. The number of carbonyl (C=O) groups excluding carboxylic acids is 6. The second kappa shape index (κ2) is 13.7. The van der Waals surface area contributed by atoms with Crippen LogP contribution < -0.4 is 20.3 Å². The first-order chi connectivity index (χ1) is 27.7. The Morgan fingerprint density at radius 1 is 0.948 bits per heavy atom. The topological polar surface area (TPSA) is 176 Å². The number of nitrogens with one attached hydrogen (secondary N) is 2. The van der Waals surface area contributed by atoms with E-state index in [1.807, 2.05) is 15.8 Å². The van der Waals surface area contributed by atoms with Gasteiger partial charge in [-0.2, -0.15) is 18.3 Å². The number of rotatable bonds is 7. The predicted molar refractivity (Wildman–Crippen MR) is 199 cm³/mol. The number of halogens is 3. The van der Waals surface area contributed by atoms with Gasteiger partial charge in [0.25, 0.3) is 17.7 Å². The molecule has 4 aromatic rings. The third kappa shape index (κ3) is 6.39. The number of pyridine rings is 1. The minimum absolute atomic E-state index is 0.0179. The Morgan fingerprint density at radius 3 is 2.40 bits per heavy atom. The molecule has 1 spiro atoms. The van der Waals surface area contributed by atoms with Gasteiger partial charge in [0.05, 0.1) is 35.5 Å². The molecule has 0 bridgehead atoms. The number of benzene rings is 2. The van der Waals surface area contributed by atoms with Crippen LogP contribution in [-0.4, -0.2) is 99.3 Å². The van der Waals surface area contributed by atoms with Crippen LogP contribution in [-0.2, 0) is 20.6 Å². The summed E-state index contributed by atoms with van der Waals surface area (Å²) in [6.07, 6.45) is 0.265. The molecule has 15 nitrogen and oxygen atoms in total. The zero-order chi connectivity index (χ0) is 40.7. The molecule has 4 fully saturated rings. The second-order valence-electron chi connectivity index (χ2n) is 15.8. The van der Waals surface area contributed by atoms with Gasteiger partial charge in [0.2, 0.25) is 17.7 Å². The lowest BCUT2D eigenvalue weighted by molar-refractivity contribution is -0.159. The maximum Gasteiger partial charge on any atom is 0.433 e. The minimum atomic E-state index is -4.69. The van der Waals surface area contributed by atoms with Crippen LogP contribution in [0.25, 0.3) is 10.9 Å². The van der Waals surface area contributed by atoms with E-state index in [0.29, 0.717) is 55.7 Å². The highest BCUT2D eigenvalue weighted by Gasteiger charge is 2.55. The number of imide groups is 2. The SMILES string of the molecule is COc1cc2nn(C3CC4(C3)CN(C(=O)C3CCN(c5ccc6c(c5)C(=O)N(C5CCC(=O)NC5=O)C6=O)CC3)C4)cc2cc1NC(=O)c1cccc(C(F)(F)F)n1. The number of amides is 6. The van der Waals surface area contributed by atoms with E-state index in [-0.39, 0.29) is 58.6 Å². The number of aromatic nitrogens is 3. The van der Waals surface area contributed by atoms with Gasteiger partial charge in [-0.1, -0.05) is 6.07 Å². The molecule has 1 saturated carbocycles. The van der Waals surface area contributed by atoms with Gasteiger partial charge < -0.3 is 19.9 Å². The maximum absolute atomic E-state index is 13.6. The van der Waals surface area contributed by atoms with Crippen molar-refractivity contribution in [3.8, 4) is 5.75 Å². The van der Waals surface area contributed by atoms with Gasteiger partial charge in [0.1, 0.15) is 23.2 Å². The molecule has 300 valence electrons. The number of hydrogen-bond donors (Lipinski definition) is 2. The summed E-state index contributed by atoms with van der Waals surface area (Å²) in [6, 6.07) is 10.6. The summed E-state index contributed by atoms with van der Waals surface area (Å²) >= 11 is 0. The largest absolute Gasteiger partial charge is 0.494 e. The van der Waals surface area contributed by atoms with Crippen molar-refractivity contribution in [2.75, 3.05) is 43.5 Å². The van der Waals surface area contributed by atoms with E-state index < -0.39 is 47.4 Å². The molecule has 5 aliphatic rings. The standard InChI is InChI=1S/C40H37F3N8O7/c1-58-31-15-28-22(13-29(31)45-34(53)27-3-2-4-32(44-27)40(41,42)43)18-50(47-28)24-16-39(17-24)19-49(20-39)36(55)21-9-11-48(12-10-21)23-5-6-25-26(14-23)38(57)51(37(25)56)30-7-8-33(52)46-35(30)54/h2-6,13-15,18,21,24,30H,7-12,16-17,19-20H2,1H3,(H,45,53)(H,46,52,54). The highest BCUT2D eigenvalue weighted by Crippen LogP contribution is 2.54. The van der Waals surface area contributed by atoms with E-state index in [1.54, 1.807) is 30.3 Å². The number of methoxy groups -OCH3 is 1. The summed E-state index contributed by atoms with van der Waals surface area (Å²) in [5.41, 5.74) is 0.561. The lowest BCUT2D eigenvalue weighted by Crippen LogP contribution is -2.65. The predicted octanol–water partition coefficient (Wildman–Crippen LogP) is 4.19. The summed E-state index contributed by atoms with van der Waals surface area (Å²) in [5.74, 6) is -2.71. The first kappa shape index (κ1) is 37.3. The van der Waals surface area contributed by atoms with Crippen molar-refractivity contribution in [2.45, 2.75) is 56.8 Å². The van der Waals surface area contributed by atoms with Crippen molar-refractivity contribution in [1.82, 2.24) is 29.9 Å². The third-order valence-corrected chi connectivity index (χ3v) is 12.1. The Hall–Kier alpha value is -6.33. The van der Waals surface area contributed by atoms with Crippen molar-refractivity contribution in [2.24, 2.45) is 11.3 Å². The molecule has 1 atom stereocenters. The summed E-state index contributed by atoms with van der Waals surface area (Å²) < 4.78 is 46.8. The van der Waals surface area contributed by atoms with Gasteiger partial charge in [0.15, 0.2) is 0 Å². The molecule has 1 unspecified atom stereocenters. The molecular weight excluding hydrogens is 761 g/mol. The molecule has 1 aliphatic carbocycles. The molecular formula is C40H37F3N8O7. The quantitative estimate of drug-likeness (QED) is 0.258. The van der Waals surface area contributed by atoms with E-state index >= 15 is 0 Å². The summed E-state index contributed by atoms with van der Waals surface area (Å²) in [6.45, 7) is 2.53. The van der Waals surface area contributed by atoms with Crippen LogP contribution in [0.2, 0.25) is 0 Å². The number of alkyl halides is 3. The Kier molecular flexibility index (Phi) is 8.77. The van der Waals surface area contributed by atoms with Gasteiger partial charge in [-0.05, 0) is 68.5 Å². The zero-order valence-corrected chi connectivity index (χ0v) is 31.2. The van der Waals surface area contributed by atoms with Crippen LogP contribution in [0.5, 0.6) is 5.75 Å². The van der Waals surface area contributed by atoms with Crippen LogP contribution >= 0.6 is 0 Å². The van der Waals surface area contributed by atoms with E-state index in [0.717, 1.165) is 35.6 Å². The van der Waals surface area contributed by atoms with Crippen LogP contribution in [0.4, 0.5) is 24.5 Å². The average Bonchev–Trinajstić information content (AvgIpc) is 3.69. The molecule has 6 amide bonds. The fraction of sp³-hybridized carbons (Fsp3) is 0.400. The monoisotopic (exact) mass is 798 g/mol. The number of hydrogen-bond acceptors (Lipinski definition) is 10. The fourth-order valence-corrected chi connectivity index (χ4v) is 9.03. The van der Waals surface area contributed by atoms with Gasteiger partial charge in [0, 0.05) is 67.3 Å². The third-order valence-electron chi connectivity index (χ3n) is 12.1. The Bertz CT molecular complexity index is 2430. The average molecular weight is 799 g/mol. The summed E-state index contributed by atoms with van der Waals surface area (Å²) in [7, 11) is 1.42. The van der Waals surface area contributed by atoms with Crippen molar-refractivity contribution in [3.05, 3.63) is 77.2 Å². The van der Waals surface area contributed by atoms with Crippen molar-refractivity contribution in [1.29, 1.82) is 0 Å². The fourth-order valence-electron chi connectivity index (χ4n) is 9.03. The summed E-state index contributed by atoms with van der Waals surface area (Å²) in [5, 5.41) is 10.3. The Labute approximate surface area is 328 Å².